The van der Waals surface area contributed by atoms with Crippen molar-refractivity contribution in [1.29, 1.82) is 0 Å². The van der Waals surface area contributed by atoms with Crippen LogP contribution in [0.3, 0.4) is 0 Å². The molecule has 1 atom stereocenters. The first-order valence-corrected chi connectivity index (χ1v) is 10.0. The maximum Gasteiger partial charge on any atom is 0.339 e. The molecule has 1 heterocycles. The quantitative estimate of drug-likeness (QED) is 0.503. The highest BCUT2D eigenvalue weighted by Gasteiger charge is 2.22. The van der Waals surface area contributed by atoms with Gasteiger partial charge < -0.3 is 14.2 Å². The van der Waals surface area contributed by atoms with Crippen LogP contribution in [0.4, 0.5) is 0 Å². The first-order chi connectivity index (χ1) is 14.5. The van der Waals surface area contributed by atoms with Gasteiger partial charge in [-0.05, 0) is 50.6 Å². The van der Waals surface area contributed by atoms with Crippen molar-refractivity contribution >= 4 is 16.9 Å². The van der Waals surface area contributed by atoms with Crippen molar-refractivity contribution in [1.82, 2.24) is 9.55 Å². The number of esters is 1. The largest absolute Gasteiger partial charge is 0.492 e. The van der Waals surface area contributed by atoms with Crippen LogP contribution in [0.1, 0.15) is 31.3 Å². The highest BCUT2D eigenvalue weighted by molar-refractivity contribution is 5.77. The molecule has 0 radical (unpaired) electrons. The van der Waals surface area contributed by atoms with E-state index in [0.29, 0.717) is 54.4 Å². The highest BCUT2D eigenvalue weighted by atomic mass is 16.6. The minimum absolute atomic E-state index is 0.0777. The molecule has 0 aliphatic heterocycles. The fraction of sp³-hybridized carbons (Fsp3) is 0.348. The zero-order chi connectivity index (χ0) is 21.5. The number of para-hydroxylation sites is 1. The Bertz CT molecular complexity index is 1060. The Balaban J connectivity index is 1.66. The van der Waals surface area contributed by atoms with Gasteiger partial charge in [0.1, 0.15) is 18.2 Å². The number of rotatable bonds is 9. The number of carbonyl (C=O) groups excluding carboxylic acids is 1. The van der Waals surface area contributed by atoms with E-state index in [1.165, 1.54) is 0 Å². The lowest BCUT2D eigenvalue weighted by Crippen LogP contribution is -2.26. The summed E-state index contributed by atoms with van der Waals surface area (Å²) >= 11 is 0. The molecule has 1 unspecified atom stereocenters. The molecule has 7 heteroatoms. The van der Waals surface area contributed by atoms with Crippen LogP contribution < -0.4 is 10.3 Å². The van der Waals surface area contributed by atoms with Crippen molar-refractivity contribution in [2.45, 2.75) is 33.4 Å². The van der Waals surface area contributed by atoms with E-state index in [2.05, 4.69) is 4.98 Å². The zero-order valence-corrected chi connectivity index (χ0v) is 17.5. The third-order valence-corrected chi connectivity index (χ3v) is 4.65. The summed E-state index contributed by atoms with van der Waals surface area (Å²) < 4.78 is 18.0. The fourth-order valence-corrected chi connectivity index (χ4v) is 3.22. The summed E-state index contributed by atoms with van der Waals surface area (Å²) in [5, 5.41) is 0.591. The molecule has 158 valence electrons. The minimum Gasteiger partial charge on any atom is -0.492 e. The van der Waals surface area contributed by atoms with E-state index >= 15 is 0 Å². The molecule has 0 fully saturated rings. The topological polar surface area (TPSA) is 79.7 Å². The van der Waals surface area contributed by atoms with E-state index in [9.17, 15) is 9.59 Å². The molecule has 1 aromatic heterocycles. The molecular formula is C23H26N2O5. The first kappa shape index (κ1) is 21.5. The summed E-state index contributed by atoms with van der Waals surface area (Å²) in [6.45, 7) is 6.79. The average molecular weight is 410 g/mol. The summed E-state index contributed by atoms with van der Waals surface area (Å²) in [5.41, 5.74) is 1.32. The highest BCUT2D eigenvalue weighted by Crippen LogP contribution is 2.22. The van der Waals surface area contributed by atoms with Crippen LogP contribution in [-0.4, -0.2) is 35.3 Å². The molecule has 30 heavy (non-hydrogen) atoms. The number of benzene rings is 2. The zero-order valence-electron chi connectivity index (χ0n) is 17.5. The Kier molecular flexibility index (Phi) is 7.19. The van der Waals surface area contributed by atoms with Gasteiger partial charge in [0.05, 0.1) is 24.1 Å². The molecule has 0 aliphatic carbocycles. The smallest absolute Gasteiger partial charge is 0.339 e. The lowest BCUT2D eigenvalue weighted by Gasteiger charge is -2.16. The van der Waals surface area contributed by atoms with Crippen molar-refractivity contribution in [2.75, 3.05) is 19.8 Å². The van der Waals surface area contributed by atoms with Crippen LogP contribution in [0, 0.1) is 6.92 Å². The standard InChI is InChI=1S/C23H26N2O5/c1-4-28-21(23(27)29-5-2)17-10-12-18(13-11-17)30-15-14-25-16(3)24-20-9-7-6-8-19(20)22(25)26/h6-13,21H,4-5,14-15H2,1-3H3. The Morgan fingerprint density at radius 2 is 1.80 bits per heavy atom. The van der Waals surface area contributed by atoms with Crippen LogP contribution in [0.25, 0.3) is 10.9 Å². The van der Waals surface area contributed by atoms with Crippen LogP contribution in [-0.2, 0) is 20.8 Å². The number of fused-ring (bicyclic) bond motifs is 1. The van der Waals surface area contributed by atoms with Gasteiger partial charge in [-0.2, -0.15) is 0 Å². The fourth-order valence-electron chi connectivity index (χ4n) is 3.22. The number of ether oxygens (including phenoxy) is 3. The lowest BCUT2D eigenvalue weighted by atomic mass is 10.1. The lowest BCUT2D eigenvalue weighted by molar-refractivity contribution is -0.157. The van der Waals surface area contributed by atoms with Gasteiger partial charge in [0.15, 0.2) is 6.10 Å². The predicted octanol–water partition coefficient (Wildman–Crippen LogP) is 3.42. The third-order valence-electron chi connectivity index (χ3n) is 4.65. The summed E-state index contributed by atoms with van der Waals surface area (Å²) in [6.07, 6.45) is -0.756. The molecule has 0 saturated carbocycles. The second-order valence-electron chi connectivity index (χ2n) is 6.64. The Labute approximate surface area is 175 Å². The van der Waals surface area contributed by atoms with Crippen LogP contribution in [0.15, 0.2) is 53.3 Å². The Morgan fingerprint density at radius 1 is 1.07 bits per heavy atom. The molecule has 2 aromatic carbocycles. The molecule has 3 aromatic rings. The minimum atomic E-state index is -0.756. The van der Waals surface area contributed by atoms with Crippen molar-refractivity contribution in [3.63, 3.8) is 0 Å². The Hall–Kier alpha value is -3.19. The van der Waals surface area contributed by atoms with Gasteiger partial charge in [0.25, 0.3) is 5.56 Å². The van der Waals surface area contributed by atoms with E-state index < -0.39 is 12.1 Å². The molecule has 0 spiro atoms. The van der Waals surface area contributed by atoms with Crippen molar-refractivity contribution in [3.8, 4) is 5.75 Å². The summed E-state index contributed by atoms with van der Waals surface area (Å²) in [5.74, 6) is 0.871. The van der Waals surface area contributed by atoms with E-state index in [4.69, 9.17) is 14.2 Å². The second kappa shape index (κ2) is 10.0. The van der Waals surface area contributed by atoms with Crippen molar-refractivity contribution in [2.24, 2.45) is 0 Å². The molecule has 0 amide bonds. The van der Waals surface area contributed by atoms with E-state index in [0.717, 1.165) is 0 Å². The first-order valence-electron chi connectivity index (χ1n) is 10.0. The summed E-state index contributed by atoms with van der Waals surface area (Å²) in [4.78, 5) is 29.3. The van der Waals surface area contributed by atoms with Gasteiger partial charge in [-0.25, -0.2) is 9.78 Å². The number of aromatic nitrogens is 2. The predicted molar refractivity (Wildman–Crippen MR) is 114 cm³/mol. The molecule has 0 bridgehead atoms. The molecule has 0 saturated heterocycles. The van der Waals surface area contributed by atoms with Gasteiger partial charge in [-0.15, -0.1) is 0 Å². The van der Waals surface area contributed by atoms with E-state index in [1.807, 2.05) is 32.0 Å². The monoisotopic (exact) mass is 410 g/mol. The van der Waals surface area contributed by atoms with Crippen LogP contribution in [0.2, 0.25) is 0 Å². The van der Waals surface area contributed by atoms with Gasteiger partial charge in [-0.3, -0.25) is 9.36 Å². The maximum absolute atomic E-state index is 12.7. The molecule has 7 nitrogen and oxygen atoms in total. The van der Waals surface area contributed by atoms with Gasteiger partial charge in [-0.1, -0.05) is 24.3 Å². The molecule has 0 N–H and O–H groups in total. The summed E-state index contributed by atoms with van der Waals surface area (Å²) in [6, 6.07) is 14.4. The molecular weight excluding hydrogens is 384 g/mol. The Morgan fingerprint density at radius 3 is 2.50 bits per heavy atom. The average Bonchev–Trinajstić information content (AvgIpc) is 2.75. The number of hydrogen-bond donors (Lipinski definition) is 0. The number of carbonyl (C=O) groups is 1. The third kappa shape index (κ3) is 4.86. The molecule has 3 rings (SSSR count). The second-order valence-corrected chi connectivity index (χ2v) is 6.64. The van der Waals surface area contributed by atoms with Crippen LogP contribution in [0.5, 0.6) is 5.75 Å². The number of aryl methyl sites for hydroxylation is 1. The van der Waals surface area contributed by atoms with Crippen molar-refractivity contribution in [3.05, 3.63) is 70.3 Å². The van der Waals surface area contributed by atoms with E-state index in [-0.39, 0.29) is 5.56 Å². The van der Waals surface area contributed by atoms with Gasteiger partial charge >= 0.3 is 5.97 Å². The number of nitrogens with zero attached hydrogens (tertiary/aromatic N) is 2. The molecule has 0 aliphatic rings. The SMILES string of the molecule is CCOC(=O)C(OCC)c1ccc(OCCn2c(C)nc3ccccc3c2=O)cc1. The van der Waals surface area contributed by atoms with E-state index in [1.54, 1.807) is 41.8 Å². The maximum atomic E-state index is 12.7. The van der Waals surface area contributed by atoms with Gasteiger partial charge in [0.2, 0.25) is 0 Å². The summed E-state index contributed by atoms with van der Waals surface area (Å²) in [7, 11) is 0. The van der Waals surface area contributed by atoms with Gasteiger partial charge in [0, 0.05) is 6.61 Å². The normalized spacial score (nSPS) is 12.0. The van der Waals surface area contributed by atoms with Crippen LogP contribution >= 0.6 is 0 Å². The van der Waals surface area contributed by atoms with Crippen molar-refractivity contribution < 1.29 is 19.0 Å². The number of hydrogen-bond acceptors (Lipinski definition) is 6.